The number of benzene rings is 1. The molecular formula is C10H12OTe. The standard InChI is InChI=1S/C10H12OTe/c1-11-8-5-9-12-10-6-3-2-4-7-10/h2-7,9H,8H2,1H3/b9-5+. The molecule has 64 valence electrons. The Balaban J connectivity index is 2.33. The molecule has 1 rings (SSSR count). The predicted molar refractivity (Wildman–Crippen MR) is 52.8 cm³/mol. The topological polar surface area (TPSA) is 9.23 Å². The van der Waals surface area contributed by atoms with Crippen LogP contribution in [0, 0.1) is 0 Å². The van der Waals surface area contributed by atoms with Crippen LogP contribution in [0.2, 0.25) is 0 Å². The molecule has 0 atom stereocenters. The summed E-state index contributed by atoms with van der Waals surface area (Å²) in [6, 6.07) is 10.6. The van der Waals surface area contributed by atoms with Gasteiger partial charge in [0.25, 0.3) is 0 Å². The number of methoxy groups -OCH3 is 1. The van der Waals surface area contributed by atoms with Gasteiger partial charge in [-0.3, -0.25) is 0 Å². The van der Waals surface area contributed by atoms with Gasteiger partial charge in [-0.25, -0.2) is 0 Å². The zero-order chi connectivity index (χ0) is 8.65. The van der Waals surface area contributed by atoms with E-state index in [-0.39, 0.29) is 20.9 Å². The monoisotopic (exact) mass is 278 g/mol. The van der Waals surface area contributed by atoms with E-state index in [2.05, 4.69) is 40.5 Å². The van der Waals surface area contributed by atoms with Crippen LogP contribution in [-0.2, 0) is 4.74 Å². The molecule has 0 unspecified atom stereocenters. The van der Waals surface area contributed by atoms with Crippen LogP contribution in [0.5, 0.6) is 0 Å². The molecule has 0 aliphatic heterocycles. The summed E-state index contributed by atoms with van der Waals surface area (Å²) < 4.78 is 8.64. The predicted octanol–water partition coefficient (Wildman–Crippen LogP) is 1.18. The van der Waals surface area contributed by atoms with Crippen molar-refractivity contribution in [3.8, 4) is 0 Å². The van der Waals surface area contributed by atoms with Crippen molar-refractivity contribution in [3.63, 3.8) is 0 Å². The van der Waals surface area contributed by atoms with Crippen molar-refractivity contribution in [3.05, 3.63) is 40.5 Å². The van der Waals surface area contributed by atoms with Crippen LogP contribution in [0.4, 0.5) is 0 Å². The fraction of sp³-hybridized carbons (Fsp3) is 0.200. The van der Waals surface area contributed by atoms with Crippen LogP contribution in [0.25, 0.3) is 0 Å². The van der Waals surface area contributed by atoms with E-state index in [1.807, 2.05) is 0 Å². The van der Waals surface area contributed by atoms with Gasteiger partial charge in [-0.2, -0.15) is 0 Å². The molecule has 0 radical (unpaired) electrons. The minimum atomic E-state index is -0.117. The quantitative estimate of drug-likeness (QED) is 0.750. The van der Waals surface area contributed by atoms with Crippen molar-refractivity contribution in [2.45, 2.75) is 0 Å². The molecule has 0 saturated carbocycles. The van der Waals surface area contributed by atoms with E-state index in [4.69, 9.17) is 4.74 Å². The first kappa shape index (κ1) is 9.80. The van der Waals surface area contributed by atoms with E-state index in [0.717, 1.165) is 6.61 Å². The first-order chi connectivity index (χ1) is 5.93. The van der Waals surface area contributed by atoms with Crippen molar-refractivity contribution in [2.75, 3.05) is 13.7 Å². The zero-order valence-electron chi connectivity index (χ0n) is 7.07. The Labute approximate surface area is 83.5 Å². The second-order valence-corrected chi connectivity index (χ2v) is 5.05. The summed E-state index contributed by atoms with van der Waals surface area (Å²) in [6.45, 7) is 0.734. The Bertz CT molecular complexity index is 231. The van der Waals surface area contributed by atoms with E-state index in [1.54, 1.807) is 7.11 Å². The van der Waals surface area contributed by atoms with Crippen molar-refractivity contribution in [2.24, 2.45) is 0 Å². The molecule has 1 aromatic rings. The van der Waals surface area contributed by atoms with Crippen molar-refractivity contribution in [1.82, 2.24) is 0 Å². The van der Waals surface area contributed by atoms with Crippen LogP contribution >= 0.6 is 0 Å². The van der Waals surface area contributed by atoms with Gasteiger partial charge >= 0.3 is 83.5 Å². The van der Waals surface area contributed by atoms with Gasteiger partial charge in [0.2, 0.25) is 0 Å². The van der Waals surface area contributed by atoms with Gasteiger partial charge < -0.3 is 0 Å². The summed E-state index contributed by atoms with van der Waals surface area (Å²) >= 11 is -0.117. The summed E-state index contributed by atoms with van der Waals surface area (Å²) in [5.41, 5.74) is 0. The molecule has 0 heterocycles. The molecule has 1 nitrogen and oxygen atoms in total. The van der Waals surface area contributed by atoms with Gasteiger partial charge in [0.15, 0.2) is 0 Å². The maximum atomic E-state index is 4.91. The molecule has 2 heteroatoms. The normalized spacial score (nSPS) is 10.8. The van der Waals surface area contributed by atoms with E-state index < -0.39 is 0 Å². The Morgan fingerprint density at radius 3 is 2.75 bits per heavy atom. The third-order valence-corrected chi connectivity index (χ3v) is 3.80. The SMILES string of the molecule is COC/C=C/[Te]c1ccccc1. The molecular weight excluding hydrogens is 264 g/mol. The molecule has 0 bridgehead atoms. The first-order valence-corrected chi connectivity index (χ1v) is 6.30. The Morgan fingerprint density at radius 2 is 2.08 bits per heavy atom. The zero-order valence-corrected chi connectivity index (χ0v) is 9.40. The Kier molecular flexibility index (Phi) is 5.10. The molecule has 0 saturated heterocycles. The minimum absolute atomic E-state index is 0.117. The first-order valence-electron chi connectivity index (χ1n) is 3.79. The average molecular weight is 276 g/mol. The summed E-state index contributed by atoms with van der Waals surface area (Å²) in [7, 11) is 1.72. The molecule has 0 fully saturated rings. The number of hydrogen-bond acceptors (Lipinski definition) is 1. The van der Waals surface area contributed by atoms with Crippen LogP contribution in [0.15, 0.2) is 40.5 Å². The Morgan fingerprint density at radius 1 is 1.33 bits per heavy atom. The molecule has 1 aromatic carbocycles. The van der Waals surface area contributed by atoms with Gasteiger partial charge in [-0.15, -0.1) is 0 Å². The van der Waals surface area contributed by atoms with E-state index in [0.29, 0.717) is 0 Å². The number of ether oxygens (including phenoxy) is 1. The maximum absolute atomic E-state index is 4.91. The van der Waals surface area contributed by atoms with Gasteiger partial charge in [-0.05, 0) is 0 Å². The molecule has 0 aliphatic rings. The van der Waals surface area contributed by atoms with Gasteiger partial charge in [0.05, 0.1) is 0 Å². The third kappa shape index (κ3) is 3.92. The Hall–Kier alpha value is -0.290. The van der Waals surface area contributed by atoms with Crippen molar-refractivity contribution >= 4 is 24.5 Å². The summed E-state index contributed by atoms with van der Waals surface area (Å²) in [6.07, 6.45) is 2.09. The third-order valence-electron chi connectivity index (χ3n) is 1.31. The summed E-state index contributed by atoms with van der Waals surface area (Å²) in [4.78, 5) is 0. The fourth-order valence-electron chi connectivity index (χ4n) is 0.761. The fourth-order valence-corrected chi connectivity index (χ4v) is 2.61. The van der Waals surface area contributed by atoms with E-state index in [1.165, 1.54) is 3.61 Å². The van der Waals surface area contributed by atoms with Crippen LogP contribution < -0.4 is 3.61 Å². The molecule has 0 N–H and O–H groups in total. The summed E-state index contributed by atoms with van der Waals surface area (Å²) in [5.74, 6) is 0. The van der Waals surface area contributed by atoms with Crippen LogP contribution in [-0.4, -0.2) is 34.6 Å². The number of hydrogen-bond donors (Lipinski definition) is 0. The molecule has 12 heavy (non-hydrogen) atoms. The van der Waals surface area contributed by atoms with Crippen molar-refractivity contribution in [1.29, 1.82) is 0 Å². The second-order valence-electron chi connectivity index (χ2n) is 2.26. The second kappa shape index (κ2) is 6.25. The van der Waals surface area contributed by atoms with Gasteiger partial charge in [0, 0.05) is 0 Å². The van der Waals surface area contributed by atoms with E-state index >= 15 is 0 Å². The van der Waals surface area contributed by atoms with Gasteiger partial charge in [-0.1, -0.05) is 0 Å². The van der Waals surface area contributed by atoms with Crippen LogP contribution in [0.1, 0.15) is 0 Å². The summed E-state index contributed by atoms with van der Waals surface area (Å²) in [5, 5.41) is 0. The van der Waals surface area contributed by atoms with Crippen molar-refractivity contribution < 1.29 is 4.74 Å². The van der Waals surface area contributed by atoms with Crippen LogP contribution in [0.3, 0.4) is 0 Å². The van der Waals surface area contributed by atoms with Gasteiger partial charge in [0.1, 0.15) is 0 Å². The molecule has 0 spiro atoms. The van der Waals surface area contributed by atoms with E-state index in [9.17, 15) is 0 Å². The molecule has 0 aromatic heterocycles. The molecule has 0 amide bonds. The average Bonchev–Trinajstić information content (AvgIpc) is 2.14. The number of rotatable bonds is 4. The molecule has 0 aliphatic carbocycles.